The Morgan fingerprint density at radius 3 is 1.62 bits per heavy atom. The molecule has 0 spiro atoms. The van der Waals surface area contributed by atoms with E-state index >= 15 is 0 Å². The summed E-state index contributed by atoms with van der Waals surface area (Å²) >= 11 is 11.7. The van der Waals surface area contributed by atoms with Gasteiger partial charge in [0.05, 0.1) is 32.8 Å². The van der Waals surface area contributed by atoms with Crippen molar-refractivity contribution in [3.8, 4) is 0 Å². The van der Waals surface area contributed by atoms with Crippen molar-refractivity contribution in [1.82, 2.24) is 10.9 Å². The Bertz CT molecular complexity index is 1650. The van der Waals surface area contributed by atoms with Gasteiger partial charge in [-0.1, -0.05) is 35.3 Å². The average Bonchev–Trinajstić information content (AvgIpc) is 2.96. The minimum absolute atomic E-state index is 0.133. The van der Waals surface area contributed by atoms with Gasteiger partial charge in [-0.15, -0.1) is 0 Å². The first-order chi connectivity index (χ1) is 20.9. The molecule has 0 saturated heterocycles. The number of hydrazine groups is 1. The second kappa shape index (κ2) is 13.9. The molecule has 0 aliphatic rings. The van der Waals surface area contributed by atoms with Crippen molar-refractivity contribution in [3.05, 3.63) is 105 Å². The summed E-state index contributed by atoms with van der Waals surface area (Å²) in [6.07, 6.45) is -15.4. The number of alkyl halides is 6. The zero-order chi connectivity index (χ0) is 33.7. The van der Waals surface area contributed by atoms with Crippen LogP contribution in [-0.2, 0) is 31.4 Å². The second-order valence-corrected chi connectivity index (χ2v) is 9.56. The number of hydrogen-bond donors (Lipinski definition) is 3. The van der Waals surface area contributed by atoms with Crippen molar-refractivity contribution in [2.24, 2.45) is 0 Å². The molecule has 0 aliphatic heterocycles. The minimum atomic E-state index is -4.93. The van der Waals surface area contributed by atoms with Gasteiger partial charge in [0, 0.05) is 5.02 Å². The van der Waals surface area contributed by atoms with E-state index in [1.807, 2.05) is 5.43 Å². The number of benzene rings is 3. The first-order valence-corrected chi connectivity index (χ1v) is 12.7. The molecule has 3 aromatic rings. The van der Waals surface area contributed by atoms with E-state index in [2.05, 4.69) is 0 Å². The summed E-state index contributed by atoms with van der Waals surface area (Å²) in [4.78, 5) is 63.0. The van der Waals surface area contributed by atoms with E-state index in [0.717, 1.165) is 36.4 Å². The Kier molecular flexibility index (Phi) is 10.7. The largest absolute Gasteiger partial charge is 0.478 e. The SMILES string of the molecule is O=C(O[C@H](C(=O)NNC(=O)c1ccc(Cl)cc1Cl)[C@@H](OC(=O)c1cccc(C(F)(F)F)c1)C(=O)O)c1cccc(C(F)(F)F)c1. The van der Waals surface area contributed by atoms with Gasteiger partial charge in [0.15, 0.2) is 0 Å². The topological polar surface area (TPSA) is 148 Å². The summed E-state index contributed by atoms with van der Waals surface area (Å²) in [5.74, 6) is -8.42. The molecule has 0 aliphatic carbocycles. The van der Waals surface area contributed by atoms with Crippen LogP contribution in [0.25, 0.3) is 0 Å². The van der Waals surface area contributed by atoms with Crippen LogP contribution in [0.2, 0.25) is 10.0 Å². The van der Waals surface area contributed by atoms with Crippen molar-refractivity contribution in [3.63, 3.8) is 0 Å². The molecule has 2 atom stereocenters. The van der Waals surface area contributed by atoms with E-state index in [1.54, 1.807) is 5.43 Å². The highest BCUT2D eigenvalue weighted by atomic mass is 35.5. The third kappa shape index (κ3) is 9.09. The Morgan fingerprint density at radius 2 is 1.18 bits per heavy atom. The van der Waals surface area contributed by atoms with Crippen LogP contribution in [0.1, 0.15) is 42.2 Å². The molecule has 0 radical (unpaired) electrons. The van der Waals surface area contributed by atoms with Gasteiger partial charge >= 0.3 is 30.3 Å². The summed E-state index contributed by atoms with van der Waals surface area (Å²) in [6.45, 7) is 0. The number of rotatable bonds is 8. The van der Waals surface area contributed by atoms with Crippen molar-refractivity contribution in [1.29, 1.82) is 0 Å². The fourth-order valence-electron chi connectivity index (χ4n) is 3.44. The number of carbonyl (C=O) groups excluding carboxylic acids is 4. The highest BCUT2D eigenvalue weighted by Gasteiger charge is 2.42. The minimum Gasteiger partial charge on any atom is -0.478 e. The molecule has 18 heteroatoms. The molecule has 0 heterocycles. The molecular weight excluding hydrogens is 665 g/mol. The van der Waals surface area contributed by atoms with Crippen molar-refractivity contribution < 1.29 is 64.9 Å². The van der Waals surface area contributed by atoms with Crippen LogP contribution in [0.4, 0.5) is 26.3 Å². The van der Waals surface area contributed by atoms with E-state index in [9.17, 15) is 55.4 Å². The molecule has 238 valence electrons. The third-order valence-corrected chi connectivity index (χ3v) is 6.12. The van der Waals surface area contributed by atoms with Gasteiger partial charge in [0.2, 0.25) is 12.2 Å². The van der Waals surface area contributed by atoms with E-state index in [4.69, 9.17) is 32.7 Å². The predicted octanol–water partition coefficient (Wildman–Crippen LogP) is 5.33. The van der Waals surface area contributed by atoms with Crippen LogP contribution in [-0.4, -0.2) is 47.0 Å². The molecule has 0 aromatic heterocycles. The highest BCUT2D eigenvalue weighted by Crippen LogP contribution is 2.31. The quantitative estimate of drug-likeness (QED) is 0.164. The predicted molar refractivity (Wildman–Crippen MR) is 141 cm³/mol. The maximum atomic E-state index is 13.2. The molecule has 3 rings (SSSR count). The van der Waals surface area contributed by atoms with Crippen LogP contribution < -0.4 is 10.9 Å². The number of carboxylic acid groups (broad SMARTS) is 1. The van der Waals surface area contributed by atoms with Gasteiger partial charge < -0.3 is 14.6 Å². The molecule has 45 heavy (non-hydrogen) atoms. The average molecular weight is 681 g/mol. The van der Waals surface area contributed by atoms with Crippen molar-refractivity contribution in [2.75, 3.05) is 0 Å². The second-order valence-electron chi connectivity index (χ2n) is 8.71. The van der Waals surface area contributed by atoms with Crippen molar-refractivity contribution in [2.45, 2.75) is 24.6 Å². The van der Waals surface area contributed by atoms with Gasteiger partial charge in [0.25, 0.3) is 11.8 Å². The van der Waals surface area contributed by atoms with E-state index in [0.29, 0.717) is 24.3 Å². The summed E-state index contributed by atoms with van der Waals surface area (Å²) in [7, 11) is 0. The Balaban J connectivity index is 1.94. The van der Waals surface area contributed by atoms with E-state index < -0.39 is 76.5 Å². The molecule has 0 bridgehead atoms. The summed E-state index contributed by atoms with van der Waals surface area (Å²) in [6, 6.07) is 8.57. The number of ether oxygens (including phenoxy) is 2. The number of nitrogens with one attached hydrogen (secondary N) is 2. The van der Waals surface area contributed by atoms with E-state index in [-0.39, 0.29) is 15.6 Å². The number of aliphatic carboxylic acids is 1. The summed E-state index contributed by atoms with van der Waals surface area (Å²) < 4.78 is 88.3. The Labute approximate surface area is 257 Å². The molecule has 2 amide bonds. The number of halogens is 8. The summed E-state index contributed by atoms with van der Waals surface area (Å²) in [5.41, 5.74) is -1.04. The van der Waals surface area contributed by atoms with Crippen LogP contribution in [0.15, 0.2) is 66.7 Å². The van der Waals surface area contributed by atoms with Crippen molar-refractivity contribution >= 4 is 52.9 Å². The maximum Gasteiger partial charge on any atom is 0.416 e. The van der Waals surface area contributed by atoms with Gasteiger partial charge in [-0.05, 0) is 54.6 Å². The Hall–Kier alpha value is -4.83. The fourth-order valence-corrected chi connectivity index (χ4v) is 3.93. The zero-order valence-electron chi connectivity index (χ0n) is 21.8. The normalized spacial score (nSPS) is 12.8. The van der Waals surface area contributed by atoms with Crippen LogP contribution in [0.3, 0.4) is 0 Å². The molecule has 3 aromatic carbocycles. The Morgan fingerprint density at radius 1 is 0.689 bits per heavy atom. The monoisotopic (exact) mass is 680 g/mol. The molecular formula is C27H16Cl2F6N2O8. The number of carbonyl (C=O) groups is 5. The zero-order valence-corrected chi connectivity index (χ0v) is 23.3. The molecule has 0 fully saturated rings. The molecule has 0 saturated carbocycles. The number of esters is 2. The van der Waals surface area contributed by atoms with Crippen LogP contribution in [0.5, 0.6) is 0 Å². The third-order valence-electron chi connectivity index (χ3n) is 5.57. The number of carboxylic acids is 1. The van der Waals surface area contributed by atoms with Gasteiger partial charge in [-0.2, -0.15) is 26.3 Å². The lowest BCUT2D eigenvalue weighted by Crippen LogP contribution is -2.54. The molecule has 10 nitrogen and oxygen atoms in total. The summed E-state index contributed by atoms with van der Waals surface area (Å²) in [5, 5.41) is 9.67. The number of hydrogen-bond acceptors (Lipinski definition) is 7. The highest BCUT2D eigenvalue weighted by molar-refractivity contribution is 6.36. The van der Waals surface area contributed by atoms with Crippen LogP contribution >= 0.6 is 23.2 Å². The van der Waals surface area contributed by atoms with Gasteiger partial charge in [0.1, 0.15) is 0 Å². The maximum absolute atomic E-state index is 13.2. The first kappa shape index (κ1) is 34.7. The van der Waals surface area contributed by atoms with Gasteiger partial charge in [-0.25, -0.2) is 14.4 Å². The van der Waals surface area contributed by atoms with Gasteiger partial charge in [-0.3, -0.25) is 20.4 Å². The molecule has 3 N–H and O–H groups in total. The lowest BCUT2D eigenvalue weighted by molar-refractivity contribution is -0.159. The fraction of sp³-hybridized carbons (Fsp3) is 0.148. The lowest BCUT2D eigenvalue weighted by atomic mass is 10.1. The van der Waals surface area contributed by atoms with Crippen LogP contribution in [0, 0.1) is 0 Å². The molecule has 0 unspecified atom stereocenters. The lowest BCUT2D eigenvalue weighted by Gasteiger charge is -2.24. The number of amides is 2. The van der Waals surface area contributed by atoms with E-state index in [1.165, 1.54) is 6.07 Å². The first-order valence-electron chi connectivity index (χ1n) is 11.9. The standard InChI is InChI=1S/C27H16Cl2F6N2O8/c28-16-7-8-17(18(29)11-16)21(38)36-37-22(39)19(44-24(42)12-3-1-5-14(9-12)26(30,31)32)20(23(40)41)45-25(43)13-4-2-6-15(10-13)27(33,34)35/h1-11,19-20H,(H,36,38)(H,37,39)(H,40,41)/t19-,20+/m0/s1. The smallest absolute Gasteiger partial charge is 0.416 e.